The zero-order valence-electron chi connectivity index (χ0n) is 9.80. The standard InChI is InChI=1S/C12H14N2OS2.ClH/c15-17(8-9-5-6-13-7-9)12-14-10-3-1-2-4-11(10)16-12;/h1-4,9,13H,5-8H2;1H. The van der Waals surface area contributed by atoms with E-state index in [-0.39, 0.29) is 12.4 Å². The Hall–Kier alpha value is -0.490. The highest BCUT2D eigenvalue weighted by atomic mass is 35.5. The van der Waals surface area contributed by atoms with Gasteiger partial charge in [-0.05, 0) is 37.6 Å². The molecule has 1 aromatic heterocycles. The van der Waals surface area contributed by atoms with Gasteiger partial charge >= 0.3 is 0 Å². The number of hydrogen-bond donors (Lipinski definition) is 1. The molecule has 0 bridgehead atoms. The molecule has 3 nitrogen and oxygen atoms in total. The molecule has 1 saturated heterocycles. The Kier molecular flexibility index (Phi) is 4.72. The third-order valence-electron chi connectivity index (χ3n) is 3.02. The van der Waals surface area contributed by atoms with E-state index in [1.165, 1.54) is 0 Å². The van der Waals surface area contributed by atoms with Gasteiger partial charge in [0.1, 0.15) is 0 Å². The largest absolute Gasteiger partial charge is 0.316 e. The van der Waals surface area contributed by atoms with Crippen molar-refractivity contribution >= 4 is 44.8 Å². The van der Waals surface area contributed by atoms with Crippen LogP contribution in [0.1, 0.15) is 6.42 Å². The van der Waals surface area contributed by atoms with Crippen LogP contribution >= 0.6 is 23.7 Å². The molecule has 0 saturated carbocycles. The van der Waals surface area contributed by atoms with E-state index < -0.39 is 10.8 Å². The zero-order valence-corrected chi connectivity index (χ0v) is 12.2. The fourth-order valence-electron chi connectivity index (χ4n) is 2.09. The van der Waals surface area contributed by atoms with E-state index in [2.05, 4.69) is 10.3 Å². The van der Waals surface area contributed by atoms with Crippen molar-refractivity contribution in [3.8, 4) is 0 Å². The van der Waals surface area contributed by atoms with Gasteiger partial charge in [0, 0.05) is 5.75 Å². The quantitative estimate of drug-likeness (QED) is 0.947. The minimum Gasteiger partial charge on any atom is -0.316 e. The van der Waals surface area contributed by atoms with Crippen molar-refractivity contribution in [1.29, 1.82) is 0 Å². The minimum absolute atomic E-state index is 0. The third-order valence-corrected chi connectivity index (χ3v) is 5.91. The van der Waals surface area contributed by atoms with Gasteiger partial charge < -0.3 is 5.32 Å². The molecule has 2 heterocycles. The molecule has 2 atom stereocenters. The van der Waals surface area contributed by atoms with Crippen LogP contribution in [0.25, 0.3) is 10.2 Å². The van der Waals surface area contributed by atoms with Gasteiger partial charge in [-0.25, -0.2) is 4.98 Å². The summed E-state index contributed by atoms with van der Waals surface area (Å²) < 4.78 is 14.1. The second-order valence-corrected chi connectivity index (χ2v) is 7.02. The maximum absolute atomic E-state index is 12.2. The van der Waals surface area contributed by atoms with Crippen molar-refractivity contribution in [3.63, 3.8) is 0 Å². The first-order valence-electron chi connectivity index (χ1n) is 5.77. The summed E-state index contributed by atoms with van der Waals surface area (Å²) in [5.41, 5.74) is 0.963. The van der Waals surface area contributed by atoms with E-state index in [0.29, 0.717) is 5.92 Å². The Morgan fingerprint density at radius 2 is 2.28 bits per heavy atom. The summed E-state index contributed by atoms with van der Waals surface area (Å²) in [4.78, 5) is 4.45. The molecule has 0 amide bonds. The highest BCUT2D eigenvalue weighted by Crippen LogP contribution is 2.25. The molecule has 18 heavy (non-hydrogen) atoms. The molecule has 2 unspecified atom stereocenters. The van der Waals surface area contributed by atoms with Crippen LogP contribution < -0.4 is 5.32 Å². The average Bonchev–Trinajstić information content (AvgIpc) is 2.96. The molecule has 98 valence electrons. The first-order valence-corrected chi connectivity index (χ1v) is 7.91. The van der Waals surface area contributed by atoms with Crippen LogP contribution in [0.3, 0.4) is 0 Å². The molecule has 1 fully saturated rings. The monoisotopic (exact) mass is 302 g/mol. The van der Waals surface area contributed by atoms with E-state index in [0.717, 1.165) is 39.8 Å². The van der Waals surface area contributed by atoms with Gasteiger partial charge in [-0.1, -0.05) is 12.1 Å². The van der Waals surface area contributed by atoms with Crippen LogP contribution in [0.2, 0.25) is 0 Å². The Morgan fingerprint density at radius 3 is 3.00 bits per heavy atom. The molecular formula is C12H15ClN2OS2. The van der Waals surface area contributed by atoms with Gasteiger partial charge in [0.05, 0.1) is 21.0 Å². The third kappa shape index (κ3) is 2.91. The van der Waals surface area contributed by atoms with Crippen LogP contribution in [0, 0.1) is 5.92 Å². The summed E-state index contributed by atoms with van der Waals surface area (Å²) >= 11 is 1.56. The van der Waals surface area contributed by atoms with Crippen molar-refractivity contribution < 1.29 is 4.21 Å². The topological polar surface area (TPSA) is 42.0 Å². The molecule has 1 N–H and O–H groups in total. The average molecular weight is 303 g/mol. The Bertz CT molecular complexity index is 519. The van der Waals surface area contributed by atoms with Crippen LogP contribution in [-0.2, 0) is 10.8 Å². The van der Waals surface area contributed by atoms with Crippen molar-refractivity contribution in [3.05, 3.63) is 24.3 Å². The number of fused-ring (bicyclic) bond motifs is 1. The first-order chi connectivity index (χ1) is 8.33. The number of benzene rings is 1. The van der Waals surface area contributed by atoms with Crippen LogP contribution in [-0.4, -0.2) is 28.0 Å². The van der Waals surface area contributed by atoms with Gasteiger partial charge in [-0.15, -0.1) is 23.7 Å². The summed E-state index contributed by atoms with van der Waals surface area (Å²) in [5, 5.41) is 3.30. The lowest BCUT2D eigenvalue weighted by atomic mass is 10.2. The molecule has 0 radical (unpaired) electrons. The molecule has 0 spiro atoms. The molecule has 1 aromatic carbocycles. The second kappa shape index (κ2) is 6.10. The first kappa shape index (κ1) is 13.9. The second-order valence-electron chi connectivity index (χ2n) is 4.32. The van der Waals surface area contributed by atoms with E-state index >= 15 is 0 Å². The SMILES string of the molecule is Cl.O=S(CC1CCNC1)c1nc2ccccc2s1. The highest BCUT2D eigenvalue weighted by molar-refractivity contribution is 7.87. The zero-order chi connectivity index (χ0) is 11.7. The number of aromatic nitrogens is 1. The normalized spacial score (nSPS) is 20.8. The molecular weight excluding hydrogens is 288 g/mol. The summed E-state index contributed by atoms with van der Waals surface area (Å²) in [6, 6.07) is 7.97. The van der Waals surface area contributed by atoms with E-state index in [4.69, 9.17) is 0 Å². The number of halogens is 1. The van der Waals surface area contributed by atoms with Gasteiger partial charge in [0.25, 0.3) is 0 Å². The molecule has 1 aliphatic rings. The smallest absolute Gasteiger partial charge is 0.181 e. The Balaban J connectivity index is 0.00000120. The van der Waals surface area contributed by atoms with Crippen molar-refractivity contribution in [2.75, 3.05) is 18.8 Å². The molecule has 2 aromatic rings. The maximum atomic E-state index is 12.2. The number of thiazole rings is 1. The van der Waals surface area contributed by atoms with Gasteiger partial charge in [0.2, 0.25) is 0 Å². The number of hydrogen-bond acceptors (Lipinski definition) is 4. The number of nitrogens with one attached hydrogen (secondary N) is 1. The Labute approximate surface area is 119 Å². The Morgan fingerprint density at radius 1 is 1.44 bits per heavy atom. The van der Waals surface area contributed by atoms with Gasteiger partial charge in [0.15, 0.2) is 4.34 Å². The van der Waals surface area contributed by atoms with Crippen molar-refractivity contribution in [1.82, 2.24) is 10.3 Å². The van der Waals surface area contributed by atoms with Crippen LogP contribution in [0.5, 0.6) is 0 Å². The molecule has 6 heteroatoms. The lowest BCUT2D eigenvalue weighted by Gasteiger charge is -2.04. The van der Waals surface area contributed by atoms with Crippen LogP contribution in [0.15, 0.2) is 28.6 Å². The summed E-state index contributed by atoms with van der Waals surface area (Å²) in [6.07, 6.45) is 1.14. The summed E-state index contributed by atoms with van der Waals surface area (Å²) in [7, 11) is -0.938. The summed E-state index contributed by atoms with van der Waals surface area (Å²) in [5.74, 6) is 1.29. The molecule has 0 aliphatic carbocycles. The number of rotatable bonds is 3. The van der Waals surface area contributed by atoms with Crippen LogP contribution in [0.4, 0.5) is 0 Å². The predicted octanol–water partition coefficient (Wildman–Crippen LogP) is 2.44. The lowest BCUT2D eigenvalue weighted by molar-refractivity contribution is 0.632. The van der Waals surface area contributed by atoms with E-state index in [1.54, 1.807) is 11.3 Å². The molecule has 1 aliphatic heterocycles. The fourth-order valence-corrected chi connectivity index (χ4v) is 4.69. The highest BCUT2D eigenvalue weighted by Gasteiger charge is 2.20. The number of nitrogens with zero attached hydrogens (tertiary/aromatic N) is 1. The number of para-hydroxylation sites is 1. The molecule has 3 rings (SSSR count). The van der Waals surface area contributed by atoms with Gasteiger partial charge in [-0.2, -0.15) is 0 Å². The fraction of sp³-hybridized carbons (Fsp3) is 0.417. The van der Waals surface area contributed by atoms with Crippen molar-refractivity contribution in [2.45, 2.75) is 10.8 Å². The van der Waals surface area contributed by atoms with E-state index in [1.807, 2.05) is 24.3 Å². The lowest BCUT2D eigenvalue weighted by Crippen LogP contribution is -2.14. The van der Waals surface area contributed by atoms with E-state index in [9.17, 15) is 4.21 Å². The van der Waals surface area contributed by atoms with Gasteiger partial charge in [-0.3, -0.25) is 4.21 Å². The van der Waals surface area contributed by atoms with Crippen molar-refractivity contribution in [2.24, 2.45) is 5.92 Å². The minimum atomic E-state index is -0.938. The summed E-state index contributed by atoms with van der Waals surface area (Å²) in [6.45, 7) is 2.05. The maximum Gasteiger partial charge on any atom is 0.181 e. The predicted molar refractivity (Wildman–Crippen MR) is 79.1 cm³/mol.